The molecule has 6 nitrogen and oxygen atoms in total. The Bertz CT molecular complexity index is 1650. The van der Waals surface area contributed by atoms with Gasteiger partial charge in [-0.3, -0.25) is 13.9 Å². The fourth-order valence-electron chi connectivity index (χ4n) is 6.48. The number of hydrogen-bond acceptors (Lipinski definition) is 2. The molecule has 1 aromatic carbocycles. The Balaban J connectivity index is 1.59. The number of rotatable bonds is 7. The van der Waals surface area contributed by atoms with Crippen LogP contribution in [0, 0.1) is 11.8 Å². The van der Waals surface area contributed by atoms with Gasteiger partial charge in [0.1, 0.15) is 6.72 Å². The molecule has 1 aliphatic heterocycles. The van der Waals surface area contributed by atoms with Crippen molar-refractivity contribution in [2.45, 2.75) is 63.3 Å². The molecule has 236 valence electrons. The lowest BCUT2D eigenvalue weighted by atomic mass is 9.72. The maximum Gasteiger partial charge on any atom is 0.418 e. The fourth-order valence-corrected chi connectivity index (χ4v) is 6.48. The van der Waals surface area contributed by atoms with Crippen LogP contribution < -0.4 is 5.69 Å². The third-order valence-electron chi connectivity index (χ3n) is 9.24. The number of fused-ring (bicyclic) bond motifs is 1. The normalized spacial score (nSPS) is 20.6. The second-order valence-electron chi connectivity index (χ2n) is 11.8. The summed E-state index contributed by atoms with van der Waals surface area (Å²) in [5.74, 6) is -0.727. The number of pyridine rings is 1. The van der Waals surface area contributed by atoms with E-state index in [9.17, 15) is 31.1 Å². The smallest absolute Gasteiger partial charge is 0.296 e. The van der Waals surface area contributed by atoms with Gasteiger partial charge in [0.25, 0.3) is 0 Å². The molecule has 1 saturated carbocycles. The lowest BCUT2D eigenvalue weighted by Gasteiger charge is -2.37. The summed E-state index contributed by atoms with van der Waals surface area (Å²) in [4.78, 5) is 19.5. The number of alkyl halides is 6. The maximum absolute atomic E-state index is 14.4. The van der Waals surface area contributed by atoms with Crippen molar-refractivity contribution >= 4 is 18.1 Å². The topological polar surface area (TPSA) is 45.0 Å². The summed E-state index contributed by atoms with van der Waals surface area (Å²) in [6.07, 6.45) is -1.78. The van der Waals surface area contributed by atoms with Crippen LogP contribution in [0.5, 0.6) is 0 Å². The molecule has 0 radical (unpaired) electrons. The molecule has 2 aliphatic rings. The Labute approximate surface area is 251 Å². The minimum Gasteiger partial charge on any atom is -0.296 e. The van der Waals surface area contributed by atoms with Gasteiger partial charge < -0.3 is 0 Å². The van der Waals surface area contributed by atoms with Crippen LogP contribution in [0.3, 0.4) is 0 Å². The first-order valence-corrected chi connectivity index (χ1v) is 14.7. The number of nitrogens with zero attached hydrogens (tertiary/aromatic N) is 5. The van der Waals surface area contributed by atoms with Gasteiger partial charge >= 0.3 is 23.9 Å². The molecule has 1 aliphatic carbocycles. The quantitative estimate of drug-likeness (QED) is 0.121. The van der Waals surface area contributed by atoms with E-state index in [1.165, 1.54) is 21.9 Å². The molecule has 2 fully saturated rings. The summed E-state index contributed by atoms with van der Waals surface area (Å²) in [6.45, 7) is 9.15. The van der Waals surface area contributed by atoms with Crippen LogP contribution >= 0.6 is 0 Å². The first-order valence-electron chi connectivity index (χ1n) is 14.7. The van der Waals surface area contributed by atoms with Crippen LogP contribution in [0.25, 0.3) is 11.2 Å². The van der Waals surface area contributed by atoms with Gasteiger partial charge in [0.2, 0.25) is 0 Å². The predicted octanol–water partition coefficient (Wildman–Crippen LogP) is 7.21. The van der Waals surface area contributed by atoms with Crippen LogP contribution in [-0.2, 0) is 6.18 Å². The lowest BCUT2D eigenvalue weighted by molar-refractivity contribution is -0.425. The van der Waals surface area contributed by atoms with Crippen LogP contribution in [0.1, 0.15) is 67.7 Å². The predicted molar refractivity (Wildman–Crippen MR) is 158 cm³/mol. The number of piperidine rings is 1. The number of amidine groups is 1. The zero-order chi connectivity index (χ0) is 32.0. The zero-order valence-electron chi connectivity index (χ0n) is 24.7. The SMILES string of the molecule is C=C[N+](C)=C(N=C)[C@@H](c1cccc(-n2cc3c(C(F)(F)F)cc([C@@H](C)N4CCC[C@@H](C(F)(F)F)C4)cn3c2=O)c1)C1CCC1. The molecule has 1 saturated heterocycles. The summed E-state index contributed by atoms with van der Waals surface area (Å²) >= 11 is 0. The Morgan fingerprint density at radius 2 is 1.80 bits per heavy atom. The average molecular weight is 621 g/mol. The van der Waals surface area contributed by atoms with Gasteiger partial charge in [-0.15, -0.1) is 0 Å². The number of aromatic nitrogens is 2. The summed E-state index contributed by atoms with van der Waals surface area (Å²) in [5, 5.41) is 0. The minimum atomic E-state index is -4.80. The van der Waals surface area contributed by atoms with Crippen molar-refractivity contribution in [3.05, 3.63) is 82.7 Å². The number of benzene rings is 1. The fraction of sp³-hybridized carbons (Fsp3) is 0.469. The molecule has 0 unspecified atom stereocenters. The van der Waals surface area contributed by atoms with Crippen LogP contribution in [0.15, 0.2) is 65.3 Å². The van der Waals surface area contributed by atoms with Crippen molar-refractivity contribution in [1.29, 1.82) is 0 Å². The van der Waals surface area contributed by atoms with E-state index in [-0.39, 0.29) is 42.3 Å². The highest BCUT2D eigenvalue weighted by Crippen LogP contribution is 2.42. The molecule has 5 rings (SSSR count). The van der Waals surface area contributed by atoms with Crippen molar-refractivity contribution in [3.8, 4) is 5.69 Å². The molecule has 3 atom stereocenters. The van der Waals surface area contributed by atoms with Gasteiger partial charge in [-0.1, -0.05) is 30.1 Å². The molecular weight excluding hydrogens is 584 g/mol. The summed E-state index contributed by atoms with van der Waals surface area (Å²) in [6, 6.07) is 7.28. The van der Waals surface area contributed by atoms with Crippen molar-refractivity contribution in [3.63, 3.8) is 0 Å². The van der Waals surface area contributed by atoms with Gasteiger partial charge in [0.15, 0.2) is 0 Å². The number of hydrogen-bond donors (Lipinski definition) is 0. The van der Waals surface area contributed by atoms with E-state index in [1.807, 2.05) is 13.1 Å². The van der Waals surface area contributed by atoms with Crippen LogP contribution in [0.2, 0.25) is 0 Å². The maximum atomic E-state index is 14.4. The highest BCUT2D eigenvalue weighted by Gasteiger charge is 2.43. The first kappa shape index (κ1) is 31.7. The minimum absolute atomic E-state index is 0.0193. The largest absolute Gasteiger partial charge is 0.418 e. The molecule has 2 aromatic heterocycles. The molecule has 44 heavy (non-hydrogen) atoms. The molecule has 0 spiro atoms. The molecule has 3 heterocycles. The lowest BCUT2D eigenvalue weighted by Crippen LogP contribution is -2.42. The van der Waals surface area contributed by atoms with E-state index in [4.69, 9.17) is 0 Å². The van der Waals surface area contributed by atoms with Crippen molar-refractivity contribution in [2.75, 3.05) is 20.1 Å². The zero-order valence-corrected chi connectivity index (χ0v) is 24.7. The van der Waals surface area contributed by atoms with Crippen LogP contribution in [0.4, 0.5) is 26.3 Å². The van der Waals surface area contributed by atoms with E-state index in [0.29, 0.717) is 18.1 Å². The van der Waals surface area contributed by atoms with E-state index >= 15 is 0 Å². The van der Waals surface area contributed by atoms with Gasteiger partial charge in [-0.2, -0.15) is 26.3 Å². The Hall–Kier alpha value is -3.67. The van der Waals surface area contributed by atoms with Crippen molar-refractivity contribution in [2.24, 2.45) is 16.8 Å². The highest BCUT2D eigenvalue weighted by atomic mass is 19.4. The summed E-state index contributed by atoms with van der Waals surface area (Å²) in [7, 11) is 1.82. The molecule has 3 aromatic rings. The first-order chi connectivity index (χ1) is 20.7. The van der Waals surface area contributed by atoms with Crippen LogP contribution in [-0.4, -0.2) is 57.3 Å². The van der Waals surface area contributed by atoms with E-state index in [2.05, 4.69) is 18.3 Å². The van der Waals surface area contributed by atoms with Crippen molar-refractivity contribution in [1.82, 2.24) is 13.9 Å². The van der Waals surface area contributed by atoms with Gasteiger partial charge in [-0.25, -0.2) is 9.37 Å². The number of halogens is 6. The monoisotopic (exact) mass is 620 g/mol. The van der Waals surface area contributed by atoms with Gasteiger partial charge in [0.05, 0.1) is 41.9 Å². The molecular formula is C32H36F6N5O+. The standard InChI is InChI=1S/C32H36F6N5O/c1-5-40(4)29(39-3)28(21-9-6-10-21)22-11-7-13-25(15-22)42-19-27-26(32(36,37)38)16-23(17-43(27)30(42)44)20(2)41-14-8-12-24(18-41)31(33,34)35/h5,7,11,13,15-17,19-21,24,28H,1,3,6,8-10,12,14,18H2,2,4H3/q+1/t20-,24-,28-/m1/s1. The molecule has 0 bridgehead atoms. The third-order valence-corrected chi connectivity index (χ3v) is 9.24. The number of likely N-dealkylation sites (tertiary alicyclic amines) is 1. The van der Waals surface area contributed by atoms with E-state index in [0.717, 1.165) is 35.3 Å². The molecule has 0 N–H and O–H groups in total. The Morgan fingerprint density at radius 3 is 2.39 bits per heavy atom. The van der Waals surface area contributed by atoms with E-state index in [1.54, 1.807) is 35.9 Å². The highest BCUT2D eigenvalue weighted by molar-refractivity contribution is 5.89. The number of aliphatic imine (C=N–C) groups is 1. The van der Waals surface area contributed by atoms with Crippen molar-refractivity contribution < 1.29 is 30.9 Å². The summed E-state index contributed by atoms with van der Waals surface area (Å²) in [5.41, 5.74) is -0.715. The average Bonchev–Trinajstić information content (AvgIpc) is 3.30. The number of imidazole rings is 1. The molecule has 12 heteroatoms. The summed E-state index contributed by atoms with van der Waals surface area (Å²) < 4.78 is 87.4. The van der Waals surface area contributed by atoms with Gasteiger partial charge in [-0.05, 0) is 74.4 Å². The third kappa shape index (κ3) is 6.00. The Morgan fingerprint density at radius 1 is 1.07 bits per heavy atom. The second-order valence-corrected chi connectivity index (χ2v) is 11.8. The second kappa shape index (κ2) is 12.0. The van der Waals surface area contributed by atoms with Gasteiger partial charge in [0, 0.05) is 25.0 Å². The Kier molecular flexibility index (Phi) is 8.67. The molecule has 0 amide bonds. The van der Waals surface area contributed by atoms with E-state index < -0.39 is 35.6 Å².